The number of hydrogen-bond acceptors (Lipinski definition) is 4. The van der Waals surface area contributed by atoms with E-state index < -0.39 is 0 Å². The number of nitrogens with zero attached hydrogens (tertiary/aromatic N) is 2. The van der Waals surface area contributed by atoms with E-state index in [0.29, 0.717) is 30.4 Å². The molecule has 1 amide bonds. The Morgan fingerprint density at radius 3 is 2.50 bits per heavy atom. The maximum Gasteiger partial charge on any atom is 0.255 e. The highest BCUT2D eigenvalue weighted by atomic mass is 16.5. The number of benzene rings is 1. The van der Waals surface area contributed by atoms with E-state index >= 15 is 0 Å². The van der Waals surface area contributed by atoms with Crippen LogP contribution in [0.3, 0.4) is 0 Å². The maximum atomic E-state index is 12.4. The van der Waals surface area contributed by atoms with Gasteiger partial charge < -0.3 is 19.9 Å². The van der Waals surface area contributed by atoms with Crippen LogP contribution >= 0.6 is 0 Å². The first-order valence-corrected chi connectivity index (χ1v) is 9.08. The zero-order valence-electron chi connectivity index (χ0n) is 15.3. The third-order valence-electron chi connectivity index (χ3n) is 4.52. The van der Waals surface area contributed by atoms with Gasteiger partial charge in [0.25, 0.3) is 5.91 Å². The molecule has 5 nitrogen and oxygen atoms in total. The highest BCUT2D eigenvalue weighted by Gasteiger charge is 2.18. The summed E-state index contributed by atoms with van der Waals surface area (Å²) in [6.45, 7) is 14.3. The number of para-hydroxylation sites is 1. The van der Waals surface area contributed by atoms with E-state index in [9.17, 15) is 4.79 Å². The summed E-state index contributed by atoms with van der Waals surface area (Å²) in [5.41, 5.74) is 0.614. The number of piperazine rings is 1. The molecule has 24 heavy (non-hydrogen) atoms. The van der Waals surface area contributed by atoms with Crippen LogP contribution in [0.25, 0.3) is 0 Å². The Hall–Kier alpha value is -1.59. The summed E-state index contributed by atoms with van der Waals surface area (Å²) in [6.07, 6.45) is 0. The average Bonchev–Trinajstić information content (AvgIpc) is 2.61. The Bertz CT molecular complexity index is 513. The van der Waals surface area contributed by atoms with Crippen molar-refractivity contribution in [3.8, 4) is 5.75 Å². The minimum absolute atomic E-state index is 0.0540. The van der Waals surface area contributed by atoms with E-state index in [1.807, 2.05) is 31.2 Å². The van der Waals surface area contributed by atoms with Crippen molar-refractivity contribution in [3.63, 3.8) is 0 Å². The molecule has 1 atom stereocenters. The summed E-state index contributed by atoms with van der Waals surface area (Å²) in [5, 5.41) is 3.05. The Morgan fingerprint density at radius 1 is 1.17 bits per heavy atom. The van der Waals surface area contributed by atoms with Gasteiger partial charge >= 0.3 is 0 Å². The van der Waals surface area contributed by atoms with Crippen molar-refractivity contribution < 1.29 is 9.53 Å². The van der Waals surface area contributed by atoms with E-state index in [1.54, 1.807) is 0 Å². The monoisotopic (exact) mass is 333 g/mol. The van der Waals surface area contributed by atoms with Crippen LogP contribution < -0.4 is 10.1 Å². The molecular formula is C19H31N3O2. The van der Waals surface area contributed by atoms with Crippen LogP contribution in [-0.2, 0) is 0 Å². The van der Waals surface area contributed by atoms with Crippen molar-refractivity contribution in [2.24, 2.45) is 5.92 Å². The van der Waals surface area contributed by atoms with Gasteiger partial charge in [-0.2, -0.15) is 0 Å². The molecule has 1 aromatic carbocycles. The van der Waals surface area contributed by atoms with Crippen LogP contribution in [0, 0.1) is 5.92 Å². The van der Waals surface area contributed by atoms with Crippen molar-refractivity contribution in [1.82, 2.24) is 15.1 Å². The lowest BCUT2D eigenvalue weighted by molar-refractivity contribution is 0.0930. The Balaban J connectivity index is 1.77. The van der Waals surface area contributed by atoms with Crippen LogP contribution in [0.1, 0.15) is 31.1 Å². The number of amides is 1. The fourth-order valence-electron chi connectivity index (χ4n) is 3.09. The largest absolute Gasteiger partial charge is 0.493 e. The smallest absolute Gasteiger partial charge is 0.255 e. The number of ether oxygens (including phenoxy) is 1. The van der Waals surface area contributed by atoms with Crippen molar-refractivity contribution in [3.05, 3.63) is 29.8 Å². The average molecular weight is 333 g/mol. The molecule has 1 N–H and O–H groups in total. The molecule has 1 aliphatic heterocycles. The molecule has 0 aliphatic carbocycles. The third-order valence-corrected chi connectivity index (χ3v) is 4.52. The molecule has 1 heterocycles. The number of carbonyl (C=O) groups excluding carboxylic acids is 1. The van der Waals surface area contributed by atoms with Gasteiger partial charge in [-0.3, -0.25) is 4.79 Å². The van der Waals surface area contributed by atoms with Crippen LogP contribution in [-0.4, -0.2) is 68.1 Å². The molecular weight excluding hydrogens is 302 g/mol. The summed E-state index contributed by atoms with van der Waals surface area (Å²) in [7, 11) is 0. The molecule has 0 spiro atoms. The minimum atomic E-state index is -0.0540. The van der Waals surface area contributed by atoms with E-state index in [-0.39, 0.29) is 5.91 Å². The summed E-state index contributed by atoms with van der Waals surface area (Å²) >= 11 is 0. The number of rotatable bonds is 8. The fraction of sp³-hybridized carbons (Fsp3) is 0.632. The lowest BCUT2D eigenvalue weighted by atomic mass is 10.1. The van der Waals surface area contributed by atoms with E-state index in [1.165, 1.54) is 0 Å². The normalized spacial score (nSPS) is 17.5. The SMILES string of the molecule is CCOc1ccccc1C(=O)NC[C@@H](C)CN1CCN(CC)CC1. The van der Waals surface area contributed by atoms with E-state index in [2.05, 4.69) is 29.0 Å². The Kier molecular flexibility index (Phi) is 7.53. The lowest BCUT2D eigenvalue weighted by Gasteiger charge is -2.35. The molecule has 0 aromatic heterocycles. The van der Waals surface area contributed by atoms with Gasteiger partial charge in [0.15, 0.2) is 0 Å². The zero-order chi connectivity index (χ0) is 17.4. The molecule has 0 saturated carbocycles. The summed E-state index contributed by atoms with van der Waals surface area (Å²) in [5.74, 6) is 1.03. The molecule has 134 valence electrons. The second-order valence-electron chi connectivity index (χ2n) is 6.48. The lowest BCUT2D eigenvalue weighted by Crippen LogP contribution is -2.48. The van der Waals surface area contributed by atoms with Crippen LogP contribution in [0.2, 0.25) is 0 Å². The van der Waals surface area contributed by atoms with Gasteiger partial charge in [0.2, 0.25) is 0 Å². The quantitative estimate of drug-likeness (QED) is 0.791. The minimum Gasteiger partial charge on any atom is -0.493 e. The summed E-state index contributed by atoms with van der Waals surface area (Å²) in [6, 6.07) is 7.42. The van der Waals surface area contributed by atoms with Crippen molar-refractivity contribution >= 4 is 5.91 Å². The van der Waals surface area contributed by atoms with Gasteiger partial charge in [-0.15, -0.1) is 0 Å². The standard InChI is InChI=1S/C19H31N3O2/c1-4-21-10-12-22(13-11-21)15-16(3)14-20-19(23)17-8-6-7-9-18(17)24-5-2/h6-9,16H,4-5,10-15H2,1-3H3,(H,20,23)/t16-/m1/s1. The molecule has 0 unspecified atom stereocenters. The van der Waals surface area contributed by atoms with Gasteiger partial charge in [-0.25, -0.2) is 0 Å². The first kappa shape index (κ1) is 18.7. The van der Waals surface area contributed by atoms with E-state index in [4.69, 9.17) is 4.74 Å². The van der Waals surface area contributed by atoms with E-state index in [0.717, 1.165) is 39.3 Å². The van der Waals surface area contributed by atoms with Gasteiger partial charge in [-0.1, -0.05) is 26.0 Å². The third kappa shape index (κ3) is 5.49. The van der Waals surface area contributed by atoms with Crippen molar-refractivity contribution in [1.29, 1.82) is 0 Å². The zero-order valence-corrected chi connectivity index (χ0v) is 15.3. The summed E-state index contributed by atoms with van der Waals surface area (Å²) in [4.78, 5) is 17.4. The van der Waals surface area contributed by atoms with Gasteiger partial charge in [0.1, 0.15) is 5.75 Å². The molecule has 5 heteroatoms. The molecule has 2 rings (SSSR count). The second kappa shape index (κ2) is 9.64. The summed E-state index contributed by atoms with van der Waals surface area (Å²) < 4.78 is 5.53. The predicted octanol–water partition coefficient (Wildman–Crippen LogP) is 2.09. The van der Waals surface area contributed by atoms with Crippen molar-refractivity contribution in [2.45, 2.75) is 20.8 Å². The fourth-order valence-corrected chi connectivity index (χ4v) is 3.09. The number of carbonyl (C=O) groups is 1. The first-order valence-electron chi connectivity index (χ1n) is 9.08. The Morgan fingerprint density at radius 2 is 1.83 bits per heavy atom. The van der Waals surface area contributed by atoms with Crippen LogP contribution in [0.15, 0.2) is 24.3 Å². The van der Waals surface area contributed by atoms with Gasteiger partial charge in [0, 0.05) is 39.3 Å². The van der Waals surface area contributed by atoms with Gasteiger partial charge in [0.05, 0.1) is 12.2 Å². The molecule has 0 bridgehead atoms. The number of hydrogen-bond donors (Lipinski definition) is 1. The van der Waals surface area contributed by atoms with Gasteiger partial charge in [-0.05, 0) is 31.5 Å². The predicted molar refractivity (Wildman–Crippen MR) is 97.7 cm³/mol. The Labute approximate surface area is 146 Å². The number of likely N-dealkylation sites (N-methyl/N-ethyl adjacent to an activating group) is 1. The molecule has 1 aliphatic rings. The molecule has 1 fully saturated rings. The highest BCUT2D eigenvalue weighted by molar-refractivity contribution is 5.96. The maximum absolute atomic E-state index is 12.4. The topological polar surface area (TPSA) is 44.8 Å². The van der Waals surface area contributed by atoms with Crippen molar-refractivity contribution in [2.75, 3.05) is 52.4 Å². The van der Waals surface area contributed by atoms with Crippen LogP contribution in [0.5, 0.6) is 5.75 Å². The van der Waals surface area contributed by atoms with Crippen LogP contribution in [0.4, 0.5) is 0 Å². The molecule has 1 aromatic rings. The first-order chi connectivity index (χ1) is 11.6. The molecule has 1 saturated heterocycles. The number of nitrogens with one attached hydrogen (secondary N) is 1. The second-order valence-corrected chi connectivity index (χ2v) is 6.48. The highest BCUT2D eigenvalue weighted by Crippen LogP contribution is 2.17. The molecule has 0 radical (unpaired) electrons.